The minimum absolute atomic E-state index is 0.113. The van der Waals surface area contributed by atoms with E-state index in [1.807, 2.05) is 0 Å². The van der Waals surface area contributed by atoms with Gasteiger partial charge in [0, 0.05) is 18.9 Å². The van der Waals surface area contributed by atoms with Crippen LogP contribution in [0.3, 0.4) is 0 Å². The number of hydrogen-bond acceptors (Lipinski definition) is 3. The zero-order valence-electron chi connectivity index (χ0n) is 8.78. The highest BCUT2D eigenvalue weighted by molar-refractivity contribution is 5.96. The predicted molar refractivity (Wildman–Crippen MR) is 60.4 cm³/mol. The summed E-state index contributed by atoms with van der Waals surface area (Å²) in [6, 6.07) is 3.31. The van der Waals surface area contributed by atoms with Crippen LogP contribution in [0.2, 0.25) is 0 Å². The van der Waals surface area contributed by atoms with Crippen LogP contribution in [0, 0.1) is 0 Å². The van der Waals surface area contributed by atoms with Crippen molar-refractivity contribution < 1.29 is 4.79 Å². The molecule has 1 amide bonds. The molecule has 82 valence electrons. The van der Waals surface area contributed by atoms with Crippen molar-refractivity contribution in [2.24, 2.45) is 0 Å². The second-order valence-electron chi connectivity index (χ2n) is 3.29. The number of rotatable bonds is 2. The van der Waals surface area contributed by atoms with Gasteiger partial charge in [-0.15, -0.1) is 0 Å². The van der Waals surface area contributed by atoms with Gasteiger partial charge in [0.2, 0.25) is 5.43 Å². The molecule has 0 fully saturated rings. The minimum Gasteiger partial charge on any atom is -0.352 e. The Morgan fingerprint density at radius 2 is 2.38 bits per heavy atom. The van der Waals surface area contributed by atoms with Gasteiger partial charge in [-0.3, -0.25) is 9.59 Å². The zero-order valence-corrected chi connectivity index (χ0v) is 8.78. The molecule has 0 atom stereocenters. The first kappa shape index (κ1) is 10.4. The summed E-state index contributed by atoms with van der Waals surface area (Å²) in [4.78, 5) is 30.3. The van der Waals surface area contributed by atoms with E-state index >= 15 is 0 Å². The molecule has 0 saturated carbocycles. The molecule has 5 heteroatoms. The Bertz CT molecular complexity index is 589. The number of aromatic nitrogens is 2. The van der Waals surface area contributed by atoms with Crippen LogP contribution in [-0.4, -0.2) is 22.4 Å². The Morgan fingerprint density at radius 3 is 3.12 bits per heavy atom. The molecular formula is C11H11N3O2. The molecule has 0 aliphatic rings. The number of aromatic amines is 1. The largest absolute Gasteiger partial charge is 0.352 e. The third-order valence-electron chi connectivity index (χ3n) is 2.23. The number of carbonyl (C=O) groups excluding carboxylic acids is 1. The SMILES string of the molecule is CCNC(=O)c1c[nH]c2ncccc2c1=O. The molecule has 0 aliphatic carbocycles. The highest BCUT2D eigenvalue weighted by Crippen LogP contribution is 2.03. The van der Waals surface area contributed by atoms with E-state index in [9.17, 15) is 9.59 Å². The van der Waals surface area contributed by atoms with Gasteiger partial charge in [0.15, 0.2) is 0 Å². The van der Waals surface area contributed by atoms with Gasteiger partial charge in [0.1, 0.15) is 11.2 Å². The summed E-state index contributed by atoms with van der Waals surface area (Å²) in [7, 11) is 0. The molecule has 0 spiro atoms. The van der Waals surface area contributed by atoms with E-state index in [-0.39, 0.29) is 16.9 Å². The van der Waals surface area contributed by atoms with Crippen molar-refractivity contribution in [1.29, 1.82) is 0 Å². The predicted octanol–water partition coefficient (Wildman–Crippen LogP) is 0.673. The summed E-state index contributed by atoms with van der Waals surface area (Å²) in [6.45, 7) is 2.29. The van der Waals surface area contributed by atoms with Gasteiger partial charge in [-0.2, -0.15) is 0 Å². The number of fused-ring (bicyclic) bond motifs is 1. The van der Waals surface area contributed by atoms with Crippen molar-refractivity contribution in [3.05, 3.63) is 40.3 Å². The van der Waals surface area contributed by atoms with Crippen LogP contribution in [-0.2, 0) is 0 Å². The summed E-state index contributed by atoms with van der Waals surface area (Å²) in [6.07, 6.45) is 2.98. The molecule has 0 aromatic carbocycles. The number of nitrogens with one attached hydrogen (secondary N) is 2. The van der Waals surface area contributed by atoms with E-state index < -0.39 is 0 Å². The lowest BCUT2D eigenvalue weighted by Gasteiger charge is -2.02. The van der Waals surface area contributed by atoms with Gasteiger partial charge >= 0.3 is 0 Å². The molecule has 2 heterocycles. The van der Waals surface area contributed by atoms with Crippen LogP contribution in [0.15, 0.2) is 29.3 Å². The van der Waals surface area contributed by atoms with Gasteiger partial charge in [0.25, 0.3) is 5.91 Å². The first-order valence-electron chi connectivity index (χ1n) is 4.98. The molecule has 5 nitrogen and oxygen atoms in total. The normalized spacial score (nSPS) is 10.3. The molecule has 0 saturated heterocycles. The monoisotopic (exact) mass is 217 g/mol. The van der Waals surface area contributed by atoms with Gasteiger partial charge in [-0.1, -0.05) is 0 Å². The number of amides is 1. The van der Waals surface area contributed by atoms with E-state index in [0.717, 1.165) is 0 Å². The summed E-state index contributed by atoms with van der Waals surface area (Å²) in [5.41, 5.74) is 0.302. The van der Waals surface area contributed by atoms with Crippen LogP contribution in [0.5, 0.6) is 0 Å². The maximum absolute atomic E-state index is 11.9. The van der Waals surface area contributed by atoms with Crippen molar-refractivity contribution in [3.63, 3.8) is 0 Å². The second-order valence-corrected chi connectivity index (χ2v) is 3.29. The first-order valence-corrected chi connectivity index (χ1v) is 4.98. The fourth-order valence-corrected chi connectivity index (χ4v) is 1.48. The van der Waals surface area contributed by atoms with E-state index in [2.05, 4.69) is 15.3 Å². The number of pyridine rings is 2. The van der Waals surface area contributed by atoms with E-state index in [1.165, 1.54) is 6.20 Å². The summed E-state index contributed by atoms with van der Waals surface area (Å²) in [5, 5.41) is 3.01. The minimum atomic E-state index is -0.366. The third kappa shape index (κ3) is 1.67. The topological polar surface area (TPSA) is 74.8 Å². The molecule has 2 N–H and O–H groups in total. The van der Waals surface area contributed by atoms with Crippen molar-refractivity contribution in [2.75, 3.05) is 6.54 Å². The highest BCUT2D eigenvalue weighted by Gasteiger charge is 2.11. The highest BCUT2D eigenvalue weighted by atomic mass is 16.2. The van der Waals surface area contributed by atoms with Crippen LogP contribution in [0.25, 0.3) is 11.0 Å². The lowest BCUT2D eigenvalue weighted by molar-refractivity contribution is 0.0954. The Kier molecular flexibility index (Phi) is 2.68. The molecule has 2 aromatic rings. The smallest absolute Gasteiger partial charge is 0.256 e. The van der Waals surface area contributed by atoms with Crippen LogP contribution in [0.4, 0.5) is 0 Å². The Balaban J connectivity index is 2.61. The van der Waals surface area contributed by atoms with Crippen LogP contribution in [0.1, 0.15) is 17.3 Å². The quantitative estimate of drug-likeness (QED) is 0.776. The van der Waals surface area contributed by atoms with Gasteiger partial charge in [-0.25, -0.2) is 4.98 Å². The number of H-pyrrole nitrogens is 1. The van der Waals surface area contributed by atoms with Crippen molar-refractivity contribution >= 4 is 16.9 Å². The first-order chi connectivity index (χ1) is 7.74. The molecule has 0 radical (unpaired) electrons. The molecule has 0 unspecified atom stereocenters. The molecule has 0 aliphatic heterocycles. The molecule has 2 rings (SSSR count). The molecule has 2 aromatic heterocycles. The van der Waals surface area contributed by atoms with Gasteiger partial charge in [-0.05, 0) is 19.1 Å². The van der Waals surface area contributed by atoms with Gasteiger partial charge < -0.3 is 10.3 Å². The lowest BCUT2D eigenvalue weighted by atomic mass is 10.2. The number of nitrogens with zero attached hydrogens (tertiary/aromatic N) is 1. The van der Waals surface area contributed by atoms with Gasteiger partial charge in [0.05, 0.1) is 5.39 Å². The Labute approximate surface area is 91.5 Å². The van der Waals surface area contributed by atoms with E-state index in [4.69, 9.17) is 0 Å². The molecular weight excluding hydrogens is 206 g/mol. The summed E-state index contributed by atoms with van der Waals surface area (Å²) < 4.78 is 0. The Morgan fingerprint density at radius 1 is 1.56 bits per heavy atom. The fraction of sp³-hybridized carbons (Fsp3) is 0.182. The van der Waals surface area contributed by atoms with Crippen molar-refractivity contribution in [3.8, 4) is 0 Å². The fourth-order valence-electron chi connectivity index (χ4n) is 1.48. The third-order valence-corrected chi connectivity index (χ3v) is 2.23. The van der Waals surface area contributed by atoms with Crippen molar-refractivity contribution in [1.82, 2.24) is 15.3 Å². The molecule has 16 heavy (non-hydrogen) atoms. The van der Waals surface area contributed by atoms with Crippen LogP contribution >= 0.6 is 0 Å². The second kappa shape index (κ2) is 4.14. The lowest BCUT2D eigenvalue weighted by Crippen LogP contribution is -2.28. The van der Waals surface area contributed by atoms with E-state index in [1.54, 1.807) is 25.3 Å². The maximum atomic E-state index is 11.9. The number of carbonyl (C=O) groups is 1. The zero-order chi connectivity index (χ0) is 11.5. The average molecular weight is 217 g/mol. The summed E-state index contributed by atoms with van der Waals surface area (Å²) >= 11 is 0. The van der Waals surface area contributed by atoms with E-state index in [0.29, 0.717) is 17.6 Å². The molecule has 0 bridgehead atoms. The van der Waals surface area contributed by atoms with Crippen molar-refractivity contribution in [2.45, 2.75) is 6.92 Å². The average Bonchev–Trinajstić information content (AvgIpc) is 2.30. The standard InChI is InChI=1S/C11H11N3O2/c1-2-12-11(16)8-6-14-10-7(9(8)15)4-3-5-13-10/h3-6H,2H2,1H3,(H,12,16)(H,13,14,15). The Hall–Kier alpha value is -2.17. The maximum Gasteiger partial charge on any atom is 0.256 e. The van der Waals surface area contributed by atoms with Crippen LogP contribution < -0.4 is 10.7 Å². The number of hydrogen-bond donors (Lipinski definition) is 2. The summed E-state index contributed by atoms with van der Waals surface area (Å²) in [5.74, 6) is -0.366.